The number of fused-ring (bicyclic) bond motifs is 1. The number of thioether (sulfide) groups is 1. The van der Waals surface area contributed by atoms with Crippen LogP contribution in [0.1, 0.15) is 5.56 Å². The first-order valence-corrected chi connectivity index (χ1v) is 9.28. The molecule has 27 heavy (non-hydrogen) atoms. The fourth-order valence-electron chi connectivity index (χ4n) is 2.77. The molecule has 0 saturated carbocycles. The Morgan fingerprint density at radius 3 is 2.70 bits per heavy atom. The van der Waals surface area contributed by atoms with E-state index in [1.807, 2.05) is 42.5 Å². The van der Waals surface area contributed by atoms with Gasteiger partial charge in [-0.2, -0.15) is 9.77 Å². The molecule has 0 radical (unpaired) electrons. The number of para-hydroxylation sites is 2. The fraction of sp³-hybridized carbons (Fsp3) is 0.111. The van der Waals surface area contributed by atoms with Gasteiger partial charge in [0.25, 0.3) is 0 Å². The zero-order valence-corrected chi connectivity index (χ0v) is 15.1. The summed E-state index contributed by atoms with van der Waals surface area (Å²) < 4.78 is 3.17. The molecule has 9 heteroatoms. The van der Waals surface area contributed by atoms with Crippen LogP contribution in [-0.2, 0) is 11.3 Å². The maximum Gasteiger partial charge on any atom is 0.362 e. The number of hydrogen-bond acceptors (Lipinski definition) is 4. The van der Waals surface area contributed by atoms with E-state index in [2.05, 4.69) is 37.3 Å². The first-order chi connectivity index (χ1) is 13.2. The van der Waals surface area contributed by atoms with Gasteiger partial charge in [-0.3, -0.25) is 10.2 Å². The van der Waals surface area contributed by atoms with E-state index in [-0.39, 0.29) is 11.7 Å². The Bertz CT molecular complexity index is 1130. The Hall–Kier alpha value is -3.33. The van der Waals surface area contributed by atoms with Crippen molar-refractivity contribution in [1.29, 1.82) is 0 Å². The van der Waals surface area contributed by atoms with Gasteiger partial charge in [-0.1, -0.05) is 42.5 Å². The molecule has 1 amide bonds. The van der Waals surface area contributed by atoms with Crippen LogP contribution in [0.2, 0.25) is 0 Å². The molecule has 4 rings (SSSR count). The van der Waals surface area contributed by atoms with Gasteiger partial charge in [0, 0.05) is 0 Å². The number of aromatic nitrogens is 5. The number of aromatic amines is 2. The van der Waals surface area contributed by atoms with Crippen LogP contribution in [-0.4, -0.2) is 31.5 Å². The van der Waals surface area contributed by atoms with Gasteiger partial charge in [0.05, 0.1) is 5.75 Å². The Kier molecular flexibility index (Phi) is 4.75. The topological polar surface area (TPSA) is 99.4 Å². The maximum absolute atomic E-state index is 12.2. The first-order valence-electron chi connectivity index (χ1n) is 8.30. The van der Waals surface area contributed by atoms with Gasteiger partial charge in [-0.25, -0.2) is 19.4 Å². The predicted octanol–water partition coefficient (Wildman–Crippen LogP) is 1.25. The van der Waals surface area contributed by atoms with E-state index >= 15 is 0 Å². The standard InChI is InChI=1S/C18H16N6O2S/c25-16(22-24-12-19-21-17(24)26)11-27-18-20-14-8-4-5-9-15(14)23(18)10-13-6-2-1-3-7-13/h1-9,12H,10-11H2,(H2,21,22,25,26)/p+1. The second-order valence-corrected chi connectivity index (χ2v) is 6.84. The molecular formula is C18H17N6O2S+. The second kappa shape index (κ2) is 7.50. The van der Waals surface area contributed by atoms with Crippen molar-refractivity contribution in [3.63, 3.8) is 0 Å². The minimum atomic E-state index is -0.488. The van der Waals surface area contributed by atoms with Crippen molar-refractivity contribution < 1.29 is 9.36 Å². The van der Waals surface area contributed by atoms with Gasteiger partial charge in [0.1, 0.15) is 12.9 Å². The summed E-state index contributed by atoms with van der Waals surface area (Å²) in [4.78, 5) is 26.9. The van der Waals surface area contributed by atoms with Crippen molar-refractivity contribution in [3.05, 3.63) is 77.0 Å². The molecule has 2 heterocycles. The third-order valence-corrected chi connectivity index (χ3v) is 5.00. The van der Waals surface area contributed by atoms with Crippen molar-refractivity contribution in [1.82, 2.24) is 19.9 Å². The lowest BCUT2D eigenvalue weighted by Gasteiger charge is -2.04. The van der Waals surface area contributed by atoms with Crippen molar-refractivity contribution in [3.8, 4) is 0 Å². The molecule has 0 unspecified atom stereocenters. The molecule has 0 spiro atoms. The fourth-order valence-corrected chi connectivity index (χ4v) is 3.61. The molecule has 0 aliphatic heterocycles. The Morgan fingerprint density at radius 2 is 1.93 bits per heavy atom. The lowest BCUT2D eigenvalue weighted by Crippen LogP contribution is -2.36. The number of amides is 1. The van der Waals surface area contributed by atoms with Gasteiger partial charge in [-0.15, -0.1) is 0 Å². The summed E-state index contributed by atoms with van der Waals surface area (Å²) >= 11 is 1.38. The smallest absolute Gasteiger partial charge is 0.272 e. The lowest BCUT2D eigenvalue weighted by atomic mass is 10.2. The largest absolute Gasteiger partial charge is 0.362 e. The van der Waals surface area contributed by atoms with Gasteiger partial charge in [-0.05, 0) is 29.5 Å². The highest BCUT2D eigenvalue weighted by Crippen LogP contribution is 2.18. The van der Waals surface area contributed by atoms with Gasteiger partial charge >= 0.3 is 10.8 Å². The van der Waals surface area contributed by atoms with E-state index in [9.17, 15) is 9.59 Å². The molecule has 8 nitrogen and oxygen atoms in total. The molecular weight excluding hydrogens is 364 g/mol. The number of carbonyl (C=O) groups excluding carboxylic acids is 1. The third-order valence-electron chi connectivity index (χ3n) is 4.00. The summed E-state index contributed by atoms with van der Waals surface area (Å²) in [6, 6.07) is 18.2. The van der Waals surface area contributed by atoms with E-state index in [1.165, 1.54) is 23.7 Å². The second-order valence-electron chi connectivity index (χ2n) is 5.87. The molecule has 0 saturated heterocycles. The molecule has 4 aromatic rings. The van der Waals surface area contributed by atoms with Gasteiger partial charge in [0.15, 0.2) is 11.0 Å². The summed E-state index contributed by atoms with van der Waals surface area (Å²) in [6.45, 7) is 0.690. The molecule has 3 N–H and O–H groups in total. The monoisotopic (exact) mass is 381 g/mol. The lowest BCUT2D eigenvalue weighted by molar-refractivity contribution is -0.700. The number of nitrogens with zero attached hydrogens (tertiary/aromatic N) is 3. The molecule has 0 aliphatic rings. The van der Waals surface area contributed by atoms with Gasteiger partial charge in [0.2, 0.25) is 5.91 Å². The van der Waals surface area contributed by atoms with E-state index < -0.39 is 5.69 Å². The Morgan fingerprint density at radius 1 is 1.15 bits per heavy atom. The number of benzene rings is 2. The van der Waals surface area contributed by atoms with Crippen LogP contribution >= 0.6 is 11.8 Å². The number of carbonyl (C=O) groups is 1. The SMILES string of the molecule is O=C(CSc1[nH]c2ccccc2[n+]1Cc1ccccc1)Nn1cn[nH]c1=O. The van der Waals surface area contributed by atoms with Gasteiger partial charge < -0.3 is 0 Å². The van der Waals surface area contributed by atoms with Crippen LogP contribution in [0.4, 0.5) is 0 Å². The Balaban J connectivity index is 1.55. The minimum absolute atomic E-state index is 0.152. The number of H-pyrrole nitrogens is 2. The highest BCUT2D eigenvalue weighted by atomic mass is 32.2. The summed E-state index contributed by atoms with van der Waals surface area (Å²) in [7, 11) is 0. The van der Waals surface area contributed by atoms with Crippen molar-refractivity contribution in [2.75, 3.05) is 11.2 Å². The van der Waals surface area contributed by atoms with E-state index in [4.69, 9.17) is 0 Å². The molecule has 2 aromatic carbocycles. The first kappa shape index (κ1) is 17.1. The van der Waals surface area contributed by atoms with E-state index in [0.29, 0.717) is 6.54 Å². The Labute approximate surface area is 158 Å². The third kappa shape index (κ3) is 3.77. The predicted molar refractivity (Wildman–Crippen MR) is 102 cm³/mol. The van der Waals surface area contributed by atoms with Crippen LogP contribution in [0.25, 0.3) is 11.0 Å². The normalized spacial score (nSPS) is 11.0. The molecule has 136 valence electrons. The molecule has 0 fully saturated rings. The van der Waals surface area contributed by atoms with Crippen LogP contribution in [0.15, 0.2) is 70.9 Å². The van der Waals surface area contributed by atoms with Crippen molar-refractivity contribution >= 4 is 28.7 Å². The summed E-state index contributed by atoms with van der Waals surface area (Å²) in [6.07, 6.45) is 1.23. The minimum Gasteiger partial charge on any atom is -0.272 e. The van der Waals surface area contributed by atoms with Crippen LogP contribution in [0, 0.1) is 0 Å². The number of rotatable bonds is 6. The number of hydrogen-bond donors (Lipinski definition) is 3. The van der Waals surface area contributed by atoms with Crippen LogP contribution < -0.4 is 15.7 Å². The number of nitrogens with one attached hydrogen (secondary N) is 3. The zero-order chi connectivity index (χ0) is 18.6. The molecule has 0 aliphatic carbocycles. The quantitative estimate of drug-likeness (QED) is 0.346. The number of imidazole rings is 1. The zero-order valence-electron chi connectivity index (χ0n) is 14.3. The van der Waals surface area contributed by atoms with Crippen molar-refractivity contribution in [2.45, 2.75) is 11.7 Å². The van der Waals surface area contributed by atoms with Crippen molar-refractivity contribution in [2.24, 2.45) is 0 Å². The maximum atomic E-state index is 12.2. The van der Waals surface area contributed by atoms with Crippen LogP contribution in [0.5, 0.6) is 0 Å². The average molecular weight is 381 g/mol. The molecule has 2 aromatic heterocycles. The summed E-state index contributed by atoms with van der Waals surface area (Å²) in [5, 5.41) is 6.67. The highest BCUT2D eigenvalue weighted by Gasteiger charge is 2.20. The van der Waals surface area contributed by atoms with E-state index in [1.54, 1.807) is 0 Å². The van der Waals surface area contributed by atoms with E-state index in [0.717, 1.165) is 20.9 Å². The average Bonchev–Trinajstić information content (AvgIpc) is 3.25. The molecule has 0 atom stereocenters. The summed E-state index contributed by atoms with van der Waals surface area (Å²) in [5.74, 6) is -0.146. The highest BCUT2D eigenvalue weighted by molar-refractivity contribution is 7.99. The van der Waals surface area contributed by atoms with Crippen LogP contribution in [0.3, 0.4) is 0 Å². The molecule has 0 bridgehead atoms. The summed E-state index contributed by atoms with van der Waals surface area (Å²) in [5.41, 5.74) is 5.24.